The summed E-state index contributed by atoms with van der Waals surface area (Å²) in [5.74, 6) is 1.13. The highest BCUT2D eigenvalue weighted by atomic mass is 32.1. The van der Waals surface area contributed by atoms with Crippen LogP contribution in [0.25, 0.3) is 0 Å². The van der Waals surface area contributed by atoms with E-state index in [1.165, 1.54) is 4.88 Å². The number of nitrogens with zero attached hydrogens (tertiary/aromatic N) is 2. The first-order valence-corrected chi connectivity index (χ1v) is 8.53. The number of guanidine groups is 1. The molecule has 0 amide bonds. The van der Waals surface area contributed by atoms with Gasteiger partial charge in [0, 0.05) is 17.6 Å². The summed E-state index contributed by atoms with van der Waals surface area (Å²) < 4.78 is 0. The van der Waals surface area contributed by atoms with Crippen molar-refractivity contribution in [1.82, 2.24) is 15.6 Å². The van der Waals surface area contributed by atoms with Crippen molar-refractivity contribution in [3.05, 3.63) is 44.9 Å². The summed E-state index contributed by atoms with van der Waals surface area (Å²) in [6, 6.07) is 3.94. The number of benzene rings is 1. The van der Waals surface area contributed by atoms with Crippen LogP contribution in [0, 0.1) is 20.8 Å². The fourth-order valence-electron chi connectivity index (χ4n) is 2.29. The maximum atomic E-state index is 9.84. The van der Waals surface area contributed by atoms with Crippen LogP contribution in [0.4, 0.5) is 0 Å². The van der Waals surface area contributed by atoms with Gasteiger partial charge in [-0.3, -0.25) is 0 Å². The van der Waals surface area contributed by atoms with Gasteiger partial charge in [-0.2, -0.15) is 0 Å². The Morgan fingerprint density at radius 3 is 2.48 bits per heavy atom. The molecule has 1 aromatic heterocycles. The van der Waals surface area contributed by atoms with Gasteiger partial charge >= 0.3 is 0 Å². The standard InChI is InChI=1S/C17H24N4OS/c1-5-18-17(21-10-15-19-8-13(4)23-15)20-9-14-6-11(2)16(22)12(3)7-14/h6-8,22H,5,9-10H2,1-4H3,(H2,18,20,21). The fourth-order valence-corrected chi connectivity index (χ4v) is 3.02. The van der Waals surface area contributed by atoms with E-state index in [1.807, 2.05) is 39.1 Å². The first-order valence-electron chi connectivity index (χ1n) is 7.72. The number of hydrogen-bond acceptors (Lipinski definition) is 4. The largest absolute Gasteiger partial charge is 0.507 e. The molecule has 0 spiro atoms. The van der Waals surface area contributed by atoms with Gasteiger partial charge in [0.05, 0.1) is 13.1 Å². The Kier molecular flexibility index (Phi) is 5.98. The lowest BCUT2D eigenvalue weighted by molar-refractivity contribution is 0.466. The lowest BCUT2D eigenvalue weighted by Gasteiger charge is -2.11. The highest BCUT2D eigenvalue weighted by Crippen LogP contribution is 2.23. The Balaban J connectivity index is 2.03. The molecule has 0 fully saturated rings. The van der Waals surface area contributed by atoms with Crippen molar-refractivity contribution in [1.29, 1.82) is 0 Å². The molecule has 23 heavy (non-hydrogen) atoms. The first kappa shape index (κ1) is 17.3. The molecular weight excluding hydrogens is 308 g/mol. The quantitative estimate of drug-likeness (QED) is 0.581. The van der Waals surface area contributed by atoms with Crippen LogP contribution in [-0.4, -0.2) is 22.6 Å². The highest BCUT2D eigenvalue weighted by Gasteiger charge is 2.05. The number of aryl methyl sites for hydroxylation is 3. The third kappa shape index (κ3) is 4.96. The second-order valence-electron chi connectivity index (χ2n) is 5.49. The van der Waals surface area contributed by atoms with E-state index >= 15 is 0 Å². The molecule has 0 unspecified atom stereocenters. The lowest BCUT2D eigenvalue weighted by atomic mass is 10.1. The van der Waals surface area contributed by atoms with Gasteiger partial charge in [0.1, 0.15) is 10.8 Å². The van der Waals surface area contributed by atoms with E-state index in [0.717, 1.165) is 34.2 Å². The smallest absolute Gasteiger partial charge is 0.191 e. The van der Waals surface area contributed by atoms with E-state index in [0.29, 0.717) is 18.8 Å². The molecule has 0 radical (unpaired) electrons. The zero-order chi connectivity index (χ0) is 16.8. The predicted molar refractivity (Wildman–Crippen MR) is 96.1 cm³/mol. The Morgan fingerprint density at radius 2 is 1.91 bits per heavy atom. The van der Waals surface area contributed by atoms with Gasteiger partial charge in [0.15, 0.2) is 5.96 Å². The van der Waals surface area contributed by atoms with Gasteiger partial charge in [-0.05, 0) is 44.4 Å². The summed E-state index contributed by atoms with van der Waals surface area (Å²) in [5.41, 5.74) is 2.85. The third-order valence-corrected chi connectivity index (χ3v) is 4.30. The maximum Gasteiger partial charge on any atom is 0.191 e. The topological polar surface area (TPSA) is 69.5 Å². The number of phenols is 1. The molecule has 2 rings (SSSR count). The van der Waals surface area contributed by atoms with Crippen LogP contribution >= 0.6 is 11.3 Å². The average molecular weight is 332 g/mol. The van der Waals surface area contributed by atoms with E-state index in [9.17, 15) is 5.11 Å². The van der Waals surface area contributed by atoms with Crippen molar-refractivity contribution in [3.63, 3.8) is 0 Å². The van der Waals surface area contributed by atoms with Gasteiger partial charge in [-0.1, -0.05) is 12.1 Å². The average Bonchev–Trinajstić information content (AvgIpc) is 2.93. The summed E-state index contributed by atoms with van der Waals surface area (Å²) in [6.45, 7) is 9.94. The normalized spacial score (nSPS) is 11.6. The molecule has 0 atom stereocenters. The van der Waals surface area contributed by atoms with Crippen LogP contribution in [0.2, 0.25) is 0 Å². The number of aromatic nitrogens is 1. The summed E-state index contributed by atoms with van der Waals surface area (Å²) in [6.07, 6.45) is 1.88. The molecule has 0 saturated heterocycles. The van der Waals surface area contributed by atoms with Crippen molar-refractivity contribution >= 4 is 17.3 Å². The van der Waals surface area contributed by atoms with E-state index in [1.54, 1.807) is 11.3 Å². The Labute approximate surface area is 141 Å². The number of nitrogens with one attached hydrogen (secondary N) is 2. The molecule has 0 aliphatic heterocycles. The second-order valence-corrected chi connectivity index (χ2v) is 6.81. The maximum absolute atomic E-state index is 9.84. The van der Waals surface area contributed by atoms with Crippen molar-refractivity contribution in [3.8, 4) is 5.75 Å². The van der Waals surface area contributed by atoms with Gasteiger partial charge in [0.2, 0.25) is 0 Å². The van der Waals surface area contributed by atoms with Crippen LogP contribution in [-0.2, 0) is 13.1 Å². The van der Waals surface area contributed by atoms with Crippen LogP contribution < -0.4 is 10.6 Å². The van der Waals surface area contributed by atoms with Gasteiger partial charge in [0.25, 0.3) is 0 Å². The minimum absolute atomic E-state index is 0.363. The molecule has 2 aromatic rings. The molecule has 0 bridgehead atoms. The van der Waals surface area contributed by atoms with E-state index in [-0.39, 0.29) is 0 Å². The molecule has 1 heterocycles. The molecule has 124 valence electrons. The molecule has 0 saturated carbocycles. The number of thiazole rings is 1. The van der Waals surface area contributed by atoms with E-state index in [4.69, 9.17) is 0 Å². The van der Waals surface area contributed by atoms with E-state index in [2.05, 4.69) is 27.5 Å². The molecule has 1 aromatic carbocycles. The fraction of sp³-hybridized carbons (Fsp3) is 0.412. The number of aromatic hydroxyl groups is 1. The number of rotatable bonds is 5. The molecule has 0 aliphatic rings. The first-order chi connectivity index (χ1) is 11.0. The van der Waals surface area contributed by atoms with Crippen LogP contribution in [0.3, 0.4) is 0 Å². The van der Waals surface area contributed by atoms with Crippen molar-refractivity contribution in [2.24, 2.45) is 4.99 Å². The van der Waals surface area contributed by atoms with Crippen molar-refractivity contribution in [2.75, 3.05) is 6.54 Å². The van der Waals surface area contributed by atoms with Crippen LogP contribution in [0.1, 0.15) is 33.5 Å². The minimum atomic E-state index is 0.363. The zero-order valence-electron chi connectivity index (χ0n) is 14.1. The summed E-state index contributed by atoms with van der Waals surface area (Å²) >= 11 is 1.68. The summed E-state index contributed by atoms with van der Waals surface area (Å²) in [4.78, 5) is 10.2. The summed E-state index contributed by atoms with van der Waals surface area (Å²) in [5, 5.41) is 17.4. The zero-order valence-corrected chi connectivity index (χ0v) is 14.9. The Morgan fingerprint density at radius 1 is 1.22 bits per heavy atom. The summed E-state index contributed by atoms with van der Waals surface area (Å²) in [7, 11) is 0. The van der Waals surface area contributed by atoms with Crippen LogP contribution in [0.15, 0.2) is 23.3 Å². The van der Waals surface area contributed by atoms with Gasteiger partial charge in [-0.25, -0.2) is 9.98 Å². The predicted octanol–water partition coefficient (Wildman–Crippen LogP) is 3.03. The Bertz CT molecular complexity index is 671. The lowest BCUT2D eigenvalue weighted by Crippen LogP contribution is -2.36. The van der Waals surface area contributed by atoms with Gasteiger partial charge in [-0.15, -0.1) is 11.3 Å². The molecule has 6 heteroatoms. The molecular formula is C17H24N4OS. The molecule has 5 nitrogen and oxygen atoms in total. The van der Waals surface area contributed by atoms with Crippen LogP contribution in [0.5, 0.6) is 5.75 Å². The SMILES string of the molecule is CCNC(=NCc1cc(C)c(O)c(C)c1)NCc1ncc(C)s1. The second kappa shape index (κ2) is 7.97. The van der Waals surface area contributed by atoms with E-state index < -0.39 is 0 Å². The molecule has 3 N–H and O–H groups in total. The number of aliphatic imine (C=N–C) groups is 1. The number of phenolic OH excluding ortho intramolecular Hbond substituents is 1. The van der Waals surface area contributed by atoms with Gasteiger partial charge < -0.3 is 15.7 Å². The third-order valence-electron chi connectivity index (χ3n) is 3.39. The van der Waals surface area contributed by atoms with Crippen molar-refractivity contribution < 1.29 is 5.11 Å². The highest BCUT2D eigenvalue weighted by molar-refractivity contribution is 7.11. The number of hydrogen-bond donors (Lipinski definition) is 3. The Hall–Kier alpha value is -2.08. The monoisotopic (exact) mass is 332 g/mol. The van der Waals surface area contributed by atoms with Crippen molar-refractivity contribution in [2.45, 2.75) is 40.8 Å². The minimum Gasteiger partial charge on any atom is -0.507 e. The molecule has 0 aliphatic carbocycles.